The van der Waals surface area contributed by atoms with Crippen LogP contribution in [0.3, 0.4) is 0 Å². The van der Waals surface area contributed by atoms with E-state index in [0.29, 0.717) is 19.7 Å². The lowest BCUT2D eigenvalue weighted by Crippen LogP contribution is -2.37. The van der Waals surface area contributed by atoms with Gasteiger partial charge >= 0.3 is 0 Å². The Morgan fingerprint density at radius 1 is 1.38 bits per heavy atom. The van der Waals surface area contributed by atoms with Crippen LogP contribution in [0.1, 0.15) is 30.8 Å². The van der Waals surface area contributed by atoms with Crippen molar-refractivity contribution in [1.29, 1.82) is 0 Å². The summed E-state index contributed by atoms with van der Waals surface area (Å²) in [4.78, 5) is 18.7. The molecule has 2 rings (SSSR count). The molecule has 0 bridgehead atoms. The van der Waals surface area contributed by atoms with Crippen LogP contribution in [0, 0.1) is 12.8 Å². The first kappa shape index (κ1) is 18.2. The predicted octanol–water partition coefficient (Wildman–Crippen LogP) is 2.87. The lowest BCUT2D eigenvalue weighted by Gasteiger charge is -2.24. The van der Waals surface area contributed by atoms with Crippen molar-refractivity contribution in [3.8, 4) is 0 Å². The Kier molecular flexibility index (Phi) is 6.55. The lowest BCUT2D eigenvalue weighted by molar-refractivity contribution is -0.135. The summed E-state index contributed by atoms with van der Waals surface area (Å²) in [5, 5.41) is 0. The van der Waals surface area contributed by atoms with Gasteiger partial charge in [0.2, 0.25) is 5.91 Å². The van der Waals surface area contributed by atoms with Crippen LogP contribution in [-0.4, -0.2) is 40.6 Å². The summed E-state index contributed by atoms with van der Waals surface area (Å²) in [6.07, 6.45) is 3.76. The zero-order valence-corrected chi connectivity index (χ0v) is 15.0. The molecule has 0 unspecified atom stereocenters. The number of imidazole rings is 1. The van der Waals surface area contributed by atoms with Gasteiger partial charge in [0, 0.05) is 38.5 Å². The summed E-state index contributed by atoms with van der Waals surface area (Å²) >= 11 is 0. The van der Waals surface area contributed by atoms with Gasteiger partial charge in [-0.3, -0.25) is 4.79 Å². The number of amides is 1. The Bertz CT molecular complexity index is 664. The number of hydrogen-bond donors (Lipinski definition) is 0. The average Bonchev–Trinajstić information content (AvgIpc) is 2.97. The predicted molar refractivity (Wildman–Crippen MR) is 94.6 cm³/mol. The Hall–Kier alpha value is -2.14. The molecule has 1 aromatic carbocycles. The summed E-state index contributed by atoms with van der Waals surface area (Å²) in [7, 11) is 1.65. The van der Waals surface area contributed by atoms with E-state index in [1.165, 1.54) is 11.1 Å². The molecular formula is C19H27N3O2. The van der Waals surface area contributed by atoms with E-state index < -0.39 is 0 Å². The number of aromatic nitrogens is 2. The van der Waals surface area contributed by atoms with Gasteiger partial charge in [-0.15, -0.1) is 0 Å². The largest absolute Gasteiger partial charge is 0.383 e. The minimum Gasteiger partial charge on any atom is -0.383 e. The first-order valence-corrected chi connectivity index (χ1v) is 8.34. The SMILES string of the molecule is COCCN(Cc1nccn1Cc1cccc(C)c1)C(=O)C(C)C. The van der Waals surface area contributed by atoms with Gasteiger partial charge in [0.1, 0.15) is 5.82 Å². The zero-order valence-electron chi connectivity index (χ0n) is 15.0. The zero-order chi connectivity index (χ0) is 17.5. The fraction of sp³-hybridized carbons (Fsp3) is 0.474. The van der Waals surface area contributed by atoms with E-state index in [0.717, 1.165) is 12.4 Å². The van der Waals surface area contributed by atoms with E-state index >= 15 is 0 Å². The van der Waals surface area contributed by atoms with E-state index in [4.69, 9.17) is 4.74 Å². The molecule has 0 N–H and O–H groups in total. The second-order valence-electron chi connectivity index (χ2n) is 6.37. The van der Waals surface area contributed by atoms with E-state index in [1.54, 1.807) is 13.3 Å². The van der Waals surface area contributed by atoms with Crippen LogP contribution in [0.15, 0.2) is 36.7 Å². The molecule has 0 aliphatic rings. The molecule has 1 amide bonds. The van der Waals surface area contributed by atoms with Crippen LogP contribution in [0.2, 0.25) is 0 Å². The number of methoxy groups -OCH3 is 1. The maximum atomic E-state index is 12.4. The summed E-state index contributed by atoms with van der Waals surface area (Å²) in [6.45, 7) is 8.28. The summed E-state index contributed by atoms with van der Waals surface area (Å²) < 4.78 is 7.24. The number of carbonyl (C=O) groups is 1. The monoisotopic (exact) mass is 329 g/mol. The van der Waals surface area contributed by atoms with E-state index in [9.17, 15) is 4.79 Å². The number of benzene rings is 1. The van der Waals surface area contributed by atoms with Gasteiger partial charge in [-0.05, 0) is 12.5 Å². The van der Waals surface area contributed by atoms with Crippen LogP contribution in [0.4, 0.5) is 0 Å². The molecule has 1 aromatic heterocycles. The number of carbonyl (C=O) groups excluding carboxylic acids is 1. The molecule has 130 valence electrons. The van der Waals surface area contributed by atoms with Crippen molar-refractivity contribution in [3.63, 3.8) is 0 Å². The van der Waals surface area contributed by atoms with Gasteiger partial charge in [-0.2, -0.15) is 0 Å². The molecule has 0 saturated heterocycles. The van der Waals surface area contributed by atoms with E-state index in [2.05, 4.69) is 40.7 Å². The third-order valence-corrected chi connectivity index (χ3v) is 3.94. The van der Waals surface area contributed by atoms with Crippen LogP contribution < -0.4 is 0 Å². The van der Waals surface area contributed by atoms with Gasteiger partial charge in [0.15, 0.2) is 0 Å². The van der Waals surface area contributed by atoms with Crippen molar-refractivity contribution in [2.75, 3.05) is 20.3 Å². The highest BCUT2D eigenvalue weighted by Gasteiger charge is 2.19. The molecule has 0 atom stereocenters. The van der Waals surface area contributed by atoms with Gasteiger partial charge in [-0.1, -0.05) is 43.7 Å². The standard InChI is InChI=1S/C19H27N3O2/c1-15(2)19(23)22(10-11-24-4)14-18-20-8-9-21(18)13-17-7-5-6-16(3)12-17/h5-9,12,15H,10-11,13-14H2,1-4H3. The average molecular weight is 329 g/mol. The van der Waals surface area contributed by atoms with Gasteiger partial charge < -0.3 is 14.2 Å². The van der Waals surface area contributed by atoms with Gasteiger partial charge in [0.25, 0.3) is 0 Å². The Morgan fingerprint density at radius 2 is 2.17 bits per heavy atom. The summed E-state index contributed by atoms with van der Waals surface area (Å²) in [5.41, 5.74) is 2.47. The maximum absolute atomic E-state index is 12.4. The molecule has 0 radical (unpaired) electrons. The fourth-order valence-electron chi connectivity index (χ4n) is 2.65. The second-order valence-corrected chi connectivity index (χ2v) is 6.37. The molecule has 0 fully saturated rings. The van der Waals surface area contributed by atoms with Crippen molar-refractivity contribution >= 4 is 5.91 Å². The number of aryl methyl sites for hydroxylation is 1. The maximum Gasteiger partial charge on any atom is 0.225 e. The van der Waals surface area contributed by atoms with Crippen molar-refractivity contribution in [2.24, 2.45) is 5.92 Å². The number of ether oxygens (including phenoxy) is 1. The molecule has 1 heterocycles. The first-order chi connectivity index (χ1) is 11.5. The van der Waals surface area contributed by atoms with Crippen molar-refractivity contribution in [1.82, 2.24) is 14.5 Å². The summed E-state index contributed by atoms with van der Waals surface area (Å²) in [6, 6.07) is 8.44. The molecule has 24 heavy (non-hydrogen) atoms. The Labute approximate surface area is 144 Å². The smallest absolute Gasteiger partial charge is 0.225 e. The number of rotatable bonds is 8. The quantitative estimate of drug-likeness (QED) is 0.748. The first-order valence-electron chi connectivity index (χ1n) is 8.34. The molecular weight excluding hydrogens is 302 g/mol. The van der Waals surface area contributed by atoms with Crippen LogP contribution >= 0.6 is 0 Å². The number of nitrogens with zero attached hydrogens (tertiary/aromatic N) is 3. The fourth-order valence-corrected chi connectivity index (χ4v) is 2.65. The minimum atomic E-state index is -0.0398. The third-order valence-electron chi connectivity index (χ3n) is 3.94. The highest BCUT2D eigenvalue weighted by Crippen LogP contribution is 2.11. The second kappa shape index (κ2) is 8.64. The molecule has 0 aliphatic heterocycles. The van der Waals surface area contributed by atoms with Crippen LogP contribution in [0.25, 0.3) is 0 Å². The highest BCUT2D eigenvalue weighted by molar-refractivity contribution is 5.78. The number of hydrogen-bond acceptors (Lipinski definition) is 3. The van der Waals surface area contributed by atoms with E-state index in [1.807, 2.05) is 24.9 Å². The van der Waals surface area contributed by atoms with Crippen LogP contribution in [-0.2, 0) is 22.6 Å². The molecule has 2 aromatic rings. The molecule has 5 heteroatoms. The van der Waals surface area contributed by atoms with Crippen molar-refractivity contribution < 1.29 is 9.53 Å². The summed E-state index contributed by atoms with van der Waals surface area (Å²) in [5.74, 6) is 0.973. The third kappa shape index (κ3) is 4.93. The van der Waals surface area contributed by atoms with Gasteiger partial charge in [0.05, 0.1) is 13.2 Å². The van der Waals surface area contributed by atoms with Gasteiger partial charge in [-0.25, -0.2) is 4.98 Å². The highest BCUT2D eigenvalue weighted by atomic mass is 16.5. The van der Waals surface area contributed by atoms with Crippen molar-refractivity contribution in [3.05, 3.63) is 53.6 Å². The molecule has 0 aliphatic carbocycles. The molecule has 0 spiro atoms. The Balaban J connectivity index is 2.13. The molecule has 5 nitrogen and oxygen atoms in total. The lowest BCUT2D eigenvalue weighted by atomic mass is 10.1. The normalized spacial score (nSPS) is 11.0. The Morgan fingerprint density at radius 3 is 2.83 bits per heavy atom. The minimum absolute atomic E-state index is 0.0398. The van der Waals surface area contributed by atoms with Crippen molar-refractivity contribution in [2.45, 2.75) is 33.9 Å². The van der Waals surface area contributed by atoms with Crippen LogP contribution in [0.5, 0.6) is 0 Å². The molecule has 0 saturated carbocycles. The topological polar surface area (TPSA) is 47.4 Å². The van der Waals surface area contributed by atoms with E-state index in [-0.39, 0.29) is 11.8 Å².